The largest absolute Gasteiger partial charge is 0.339 e. The van der Waals surface area contributed by atoms with Crippen LogP contribution in [0, 0.1) is 0 Å². The molecule has 0 amide bonds. The molecule has 2 aromatic rings. The molecule has 4 nitrogen and oxygen atoms in total. The highest BCUT2D eigenvalue weighted by atomic mass is 79.9. The van der Waals surface area contributed by atoms with Crippen LogP contribution in [-0.4, -0.2) is 23.2 Å². The maximum atomic E-state index is 5.34. The molecule has 0 aliphatic rings. The first-order valence-electron chi connectivity index (χ1n) is 7.09. The van der Waals surface area contributed by atoms with E-state index in [0.29, 0.717) is 17.7 Å². The van der Waals surface area contributed by atoms with Gasteiger partial charge in [-0.3, -0.25) is 0 Å². The lowest BCUT2D eigenvalue weighted by atomic mass is 10.1. The highest BCUT2D eigenvalue weighted by Crippen LogP contribution is 2.29. The molecule has 0 aliphatic heterocycles. The van der Waals surface area contributed by atoms with Gasteiger partial charge in [0, 0.05) is 21.8 Å². The summed E-state index contributed by atoms with van der Waals surface area (Å²) in [5, 5.41) is 7.35. The Labute approximate surface area is 138 Å². The highest BCUT2D eigenvalue weighted by Gasteiger charge is 2.13. The molecule has 0 saturated carbocycles. The minimum Gasteiger partial charge on any atom is -0.339 e. The number of halogens is 1. The first kappa shape index (κ1) is 16.5. The molecule has 114 valence electrons. The zero-order valence-electron chi connectivity index (χ0n) is 12.3. The molecule has 1 atom stereocenters. The highest BCUT2D eigenvalue weighted by molar-refractivity contribution is 9.10. The van der Waals surface area contributed by atoms with E-state index in [4.69, 9.17) is 4.52 Å². The van der Waals surface area contributed by atoms with Crippen LogP contribution < -0.4 is 5.32 Å². The van der Waals surface area contributed by atoms with E-state index in [2.05, 4.69) is 44.4 Å². The minimum absolute atomic E-state index is 0.402. The van der Waals surface area contributed by atoms with Crippen molar-refractivity contribution in [1.29, 1.82) is 0 Å². The second-order valence-electron chi connectivity index (χ2n) is 4.80. The molecule has 21 heavy (non-hydrogen) atoms. The smallest absolute Gasteiger partial charge is 0.228 e. The van der Waals surface area contributed by atoms with Crippen LogP contribution in [0.25, 0.3) is 0 Å². The molecule has 0 fully saturated rings. The van der Waals surface area contributed by atoms with Crippen molar-refractivity contribution in [2.45, 2.75) is 42.9 Å². The third-order valence-corrected chi connectivity index (χ3v) is 5.19. The molecule has 1 aromatic heterocycles. The number of hydrogen-bond donors (Lipinski definition) is 1. The van der Waals surface area contributed by atoms with Crippen molar-refractivity contribution in [2.75, 3.05) is 7.05 Å². The first-order chi connectivity index (χ1) is 10.2. The van der Waals surface area contributed by atoms with E-state index < -0.39 is 0 Å². The third kappa shape index (κ3) is 5.13. The molecule has 1 aromatic carbocycles. The molecule has 0 bridgehead atoms. The molecule has 0 saturated heterocycles. The number of nitrogens with zero attached hydrogens (tertiary/aromatic N) is 2. The van der Waals surface area contributed by atoms with Crippen LogP contribution in [0.1, 0.15) is 31.5 Å². The van der Waals surface area contributed by atoms with E-state index in [1.807, 2.05) is 25.2 Å². The average Bonchev–Trinajstić information content (AvgIpc) is 2.93. The van der Waals surface area contributed by atoms with Gasteiger partial charge in [0.1, 0.15) is 0 Å². The summed E-state index contributed by atoms with van der Waals surface area (Å²) in [6.45, 7) is 2.18. The van der Waals surface area contributed by atoms with Gasteiger partial charge in [-0.15, -0.1) is 11.8 Å². The molecule has 0 radical (unpaired) electrons. The average molecular weight is 370 g/mol. The second kappa shape index (κ2) is 8.56. The summed E-state index contributed by atoms with van der Waals surface area (Å²) < 4.78 is 6.43. The second-order valence-corrected chi connectivity index (χ2v) is 6.67. The van der Waals surface area contributed by atoms with Crippen LogP contribution in [0.3, 0.4) is 0 Å². The van der Waals surface area contributed by atoms with Gasteiger partial charge in [0.25, 0.3) is 0 Å². The van der Waals surface area contributed by atoms with Crippen molar-refractivity contribution < 1.29 is 4.52 Å². The van der Waals surface area contributed by atoms with Crippen molar-refractivity contribution >= 4 is 27.7 Å². The van der Waals surface area contributed by atoms with Gasteiger partial charge in [-0.2, -0.15) is 4.98 Å². The maximum Gasteiger partial charge on any atom is 0.228 e. The van der Waals surface area contributed by atoms with Crippen LogP contribution in [-0.2, 0) is 12.2 Å². The van der Waals surface area contributed by atoms with E-state index in [1.54, 1.807) is 11.8 Å². The van der Waals surface area contributed by atoms with Gasteiger partial charge in [0.05, 0.1) is 5.75 Å². The summed E-state index contributed by atoms with van der Waals surface area (Å²) in [5.74, 6) is 2.17. The molecular formula is C15H20BrN3OS. The predicted molar refractivity (Wildman–Crippen MR) is 89.5 cm³/mol. The fraction of sp³-hybridized carbons (Fsp3) is 0.467. The minimum atomic E-state index is 0.402. The van der Waals surface area contributed by atoms with Crippen LogP contribution >= 0.6 is 27.7 Å². The van der Waals surface area contributed by atoms with Crippen molar-refractivity contribution in [2.24, 2.45) is 0 Å². The number of rotatable bonds is 8. The number of nitrogens with one attached hydrogen (secondary N) is 1. The first-order valence-corrected chi connectivity index (χ1v) is 8.86. The van der Waals surface area contributed by atoms with Gasteiger partial charge >= 0.3 is 0 Å². The van der Waals surface area contributed by atoms with Crippen LogP contribution in [0.2, 0.25) is 0 Å². The summed E-state index contributed by atoms with van der Waals surface area (Å²) in [6.07, 6.45) is 3.04. The molecule has 1 N–H and O–H groups in total. The number of aromatic nitrogens is 2. The van der Waals surface area contributed by atoms with Gasteiger partial charge in [0.15, 0.2) is 5.82 Å². The molecular weight excluding hydrogens is 350 g/mol. The Morgan fingerprint density at radius 1 is 1.38 bits per heavy atom. The Morgan fingerprint density at radius 2 is 2.19 bits per heavy atom. The van der Waals surface area contributed by atoms with Crippen molar-refractivity contribution in [1.82, 2.24) is 15.5 Å². The van der Waals surface area contributed by atoms with Crippen LogP contribution in [0.5, 0.6) is 0 Å². The summed E-state index contributed by atoms with van der Waals surface area (Å²) in [5.41, 5.74) is 0. The van der Waals surface area contributed by atoms with Gasteiger partial charge in [-0.1, -0.05) is 30.6 Å². The van der Waals surface area contributed by atoms with E-state index in [1.165, 1.54) is 4.90 Å². The zero-order chi connectivity index (χ0) is 15.1. The van der Waals surface area contributed by atoms with Crippen molar-refractivity contribution in [3.63, 3.8) is 0 Å². The molecule has 2 rings (SSSR count). The Hall–Kier alpha value is -0.850. The SMILES string of the molecule is CCCC(Cc1nc(CSc2ccccc2Br)no1)NC. The molecule has 1 heterocycles. The van der Waals surface area contributed by atoms with Gasteiger partial charge in [0.2, 0.25) is 5.89 Å². The molecule has 0 aliphatic carbocycles. The van der Waals surface area contributed by atoms with E-state index in [9.17, 15) is 0 Å². The summed E-state index contributed by atoms with van der Waals surface area (Å²) in [6, 6.07) is 8.54. The fourth-order valence-corrected chi connectivity index (χ4v) is 3.45. The lowest BCUT2D eigenvalue weighted by molar-refractivity contribution is 0.353. The molecule has 1 unspecified atom stereocenters. The monoisotopic (exact) mass is 369 g/mol. The van der Waals surface area contributed by atoms with Crippen molar-refractivity contribution in [3.05, 3.63) is 40.5 Å². The lowest BCUT2D eigenvalue weighted by Crippen LogP contribution is -2.27. The number of hydrogen-bond acceptors (Lipinski definition) is 5. The quantitative estimate of drug-likeness (QED) is 0.711. The molecule has 0 spiro atoms. The van der Waals surface area contributed by atoms with Crippen LogP contribution in [0.4, 0.5) is 0 Å². The van der Waals surface area contributed by atoms with E-state index >= 15 is 0 Å². The van der Waals surface area contributed by atoms with Gasteiger partial charge < -0.3 is 9.84 Å². The summed E-state index contributed by atoms with van der Waals surface area (Å²) in [7, 11) is 1.97. The zero-order valence-corrected chi connectivity index (χ0v) is 14.7. The van der Waals surface area contributed by atoms with E-state index in [0.717, 1.165) is 29.6 Å². The summed E-state index contributed by atoms with van der Waals surface area (Å²) >= 11 is 5.24. The van der Waals surface area contributed by atoms with Gasteiger partial charge in [-0.25, -0.2) is 0 Å². The standard InChI is InChI=1S/C15H20BrN3OS/c1-3-6-11(17-2)9-15-18-14(19-20-15)10-21-13-8-5-4-7-12(13)16/h4-5,7-8,11,17H,3,6,9-10H2,1-2H3. The molecule has 6 heteroatoms. The van der Waals surface area contributed by atoms with Gasteiger partial charge in [-0.05, 0) is 41.5 Å². The lowest BCUT2D eigenvalue weighted by Gasteiger charge is -2.11. The third-order valence-electron chi connectivity index (χ3n) is 3.17. The Bertz CT molecular complexity index is 561. The number of benzene rings is 1. The normalized spacial score (nSPS) is 12.5. The Balaban J connectivity index is 1.90. The number of thioether (sulfide) groups is 1. The number of likely N-dealkylation sites (N-methyl/N-ethyl adjacent to an activating group) is 1. The van der Waals surface area contributed by atoms with Crippen molar-refractivity contribution in [3.8, 4) is 0 Å². The maximum absolute atomic E-state index is 5.34. The fourth-order valence-electron chi connectivity index (χ4n) is 2.04. The summed E-state index contributed by atoms with van der Waals surface area (Å²) in [4.78, 5) is 5.65. The Morgan fingerprint density at radius 3 is 2.90 bits per heavy atom. The van der Waals surface area contributed by atoms with Crippen LogP contribution in [0.15, 0.2) is 38.2 Å². The topological polar surface area (TPSA) is 51.0 Å². The predicted octanol–water partition coefficient (Wildman–Crippen LogP) is 4.06. The Kier molecular flexibility index (Phi) is 6.73. The van der Waals surface area contributed by atoms with E-state index in [-0.39, 0.29) is 0 Å².